The van der Waals surface area contributed by atoms with Crippen molar-refractivity contribution in [3.8, 4) is 6.07 Å². The minimum Gasteiger partial charge on any atom is -0.315 e. The second kappa shape index (κ2) is 5.48. The van der Waals surface area contributed by atoms with E-state index in [1.54, 1.807) is 24.3 Å². The van der Waals surface area contributed by atoms with E-state index >= 15 is 0 Å². The van der Waals surface area contributed by atoms with Gasteiger partial charge in [-0.2, -0.15) is 5.26 Å². The lowest BCUT2D eigenvalue weighted by Gasteiger charge is -2.11. The van der Waals surface area contributed by atoms with Gasteiger partial charge in [0.25, 0.3) is 0 Å². The van der Waals surface area contributed by atoms with Crippen LogP contribution in [0.1, 0.15) is 17.5 Å². The molecule has 1 aliphatic rings. The van der Waals surface area contributed by atoms with Gasteiger partial charge in [0.15, 0.2) is 0 Å². The Hall–Kier alpha value is -1.42. The summed E-state index contributed by atoms with van der Waals surface area (Å²) in [4.78, 5) is 0. The quantitative estimate of drug-likeness (QED) is 0.822. The highest BCUT2D eigenvalue weighted by atomic mass is 32.2. The minimum absolute atomic E-state index is 0.00613. The van der Waals surface area contributed by atoms with Gasteiger partial charge in [-0.25, -0.2) is 13.1 Å². The normalized spacial score (nSPS) is 19.6. The molecule has 2 rings (SSSR count). The molecule has 1 fully saturated rings. The maximum atomic E-state index is 11.9. The Bertz CT molecular complexity index is 540. The average Bonchev–Trinajstić information content (AvgIpc) is 2.81. The van der Waals surface area contributed by atoms with Gasteiger partial charge in [-0.3, -0.25) is 0 Å². The summed E-state index contributed by atoms with van der Waals surface area (Å²) >= 11 is 0. The first-order valence-corrected chi connectivity index (χ1v) is 7.44. The van der Waals surface area contributed by atoms with Gasteiger partial charge in [0.05, 0.1) is 17.4 Å². The first kappa shape index (κ1) is 13.0. The first-order valence-electron chi connectivity index (χ1n) is 5.79. The number of hydrogen-bond acceptors (Lipinski definition) is 4. The molecule has 0 radical (unpaired) electrons. The molecule has 1 heterocycles. The van der Waals surface area contributed by atoms with E-state index in [4.69, 9.17) is 5.26 Å². The summed E-state index contributed by atoms with van der Waals surface area (Å²) in [7, 11) is -3.31. The van der Waals surface area contributed by atoms with Gasteiger partial charge < -0.3 is 5.32 Å². The van der Waals surface area contributed by atoms with Crippen molar-refractivity contribution >= 4 is 10.0 Å². The lowest BCUT2D eigenvalue weighted by Crippen LogP contribution is -2.36. The molecule has 5 nitrogen and oxygen atoms in total. The lowest BCUT2D eigenvalue weighted by atomic mass is 10.2. The fourth-order valence-corrected chi connectivity index (χ4v) is 3.37. The molecular formula is C12H15N3O2S. The zero-order valence-electron chi connectivity index (χ0n) is 9.89. The monoisotopic (exact) mass is 265 g/mol. The largest absolute Gasteiger partial charge is 0.315 e. The lowest BCUT2D eigenvalue weighted by molar-refractivity contribution is 0.559. The molecule has 0 amide bonds. The van der Waals surface area contributed by atoms with Crippen LogP contribution >= 0.6 is 0 Å². The van der Waals surface area contributed by atoms with Crippen molar-refractivity contribution in [1.29, 1.82) is 5.26 Å². The highest BCUT2D eigenvalue weighted by Gasteiger charge is 2.21. The summed E-state index contributed by atoms with van der Waals surface area (Å²) in [5, 5.41) is 11.8. The standard InChI is InChI=1S/C12H15N3O2S/c13-7-10-1-3-11(4-2-10)9-18(16,17)15-12-5-6-14-8-12/h1-4,12,14-15H,5-6,8-9H2/t12-/m0/s1. The molecule has 1 atom stereocenters. The van der Waals surface area contributed by atoms with Gasteiger partial charge in [-0.15, -0.1) is 0 Å². The summed E-state index contributed by atoms with van der Waals surface area (Å²) in [6.07, 6.45) is 0.826. The van der Waals surface area contributed by atoms with Crippen molar-refractivity contribution in [3.05, 3.63) is 35.4 Å². The molecule has 18 heavy (non-hydrogen) atoms. The van der Waals surface area contributed by atoms with E-state index in [2.05, 4.69) is 10.0 Å². The molecule has 1 aromatic rings. The van der Waals surface area contributed by atoms with E-state index in [-0.39, 0.29) is 11.8 Å². The highest BCUT2D eigenvalue weighted by Crippen LogP contribution is 2.09. The molecule has 2 N–H and O–H groups in total. The highest BCUT2D eigenvalue weighted by molar-refractivity contribution is 7.88. The van der Waals surface area contributed by atoms with E-state index in [0.717, 1.165) is 13.0 Å². The van der Waals surface area contributed by atoms with Gasteiger partial charge >= 0.3 is 0 Å². The molecule has 96 valence electrons. The van der Waals surface area contributed by atoms with Crippen molar-refractivity contribution in [2.45, 2.75) is 18.2 Å². The third-order valence-corrected chi connectivity index (χ3v) is 4.25. The van der Waals surface area contributed by atoms with E-state index in [9.17, 15) is 8.42 Å². The Morgan fingerprint density at radius 2 is 2.11 bits per heavy atom. The van der Waals surface area contributed by atoms with E-state index in [1.165, 1.54) is 0 Å². The molecule has 0 aliphatic carbocycles. The molecule has 0 bridgehead atoms. The van der Waals surface area contributed by atoms with Crippen LogP contribution in [0.2, 0.25) is 0 Å². The summed E-state index contributed by atoms with van der Waals surface area (Å²) in [5.74, 6) is -0.0464. The van der Waals surface area contributed by atoms with Crippen LogP contribution in [0.5, 0.6) is 0 Å². The predicted octanol–water partition coefficient (Wildman–Crippen LogP) is 0.340. The zero-order valence-corrected chi connectivity index (χ0v) is 10.7. The second-order valence-corrected chi connectivity index (χ2v) is 6.13. The maximum absolute atomic E-state index is 11.9. The van der Waals surface area contributed by atoms with Crippen LogP contribution in [0.3, 0.4) is 0 Å². The van der Waals surface area contributed by atoms with E-state index in [1.807, 2.05) is 6.07 Å². The van der Waals surface area contributed by atoms with Crippen LogP contribution in [0.25, 0.3) is 0 Å². The number of nitrogens with zero attached hydrogens (tertiary/aromatic N) is 1. The predicted molar refractivity (Wildman–Crippen MR) is 68.2 cm³/mol. The van der Waals surface area contributed by atoms with Crippen molar-refractivity contribution in [2.75, 3.05) is 13.1 Å². The molecule has 0 saturated carbocycles. The van der Waals surface area contributed by atoms with Gasteiger partial charge in [-0.05, 0) is 30.7 Å². The van der Waals surface area contributed by atoms with Crippen molar-refractivity contribution in [3.63, 3.8) is 0 Å². The number of benzene rings is 1. The minimum atomic E-state index is -3.31. The smallest absolute Gasteiger partial charge is 0.216 e. The number of hydrogen-bond donors (Lipinski definition) is 2. The third-order valence-electron chi connectivity index (χ3n) is 2.85. The Balaban J connectivity index is 2.00. The fraction of sp³-hybridized carbons (Fsp3) is 0.417. The van der Waals surface area contributed by atoms with Crippen molar-refractivity contribution < 1.29 is 8.42 Å². The van der Waals surface area contributed by atoms with E-state index in [0.29, 0.717) is 17.7 Å². The van der Waals surface area contributed by atoms with Crippen LogP contribution in [0.4, 0.5) is 0 Å². The molecule has 0 aromatic heterocycles. The summed E-state index contributed by atoms with van der Waals surface area (Å²) in [5.41, 5.74) is 1.22. The average molecular weight is 265 g/mol. The van der Waals surface area contributed by atoms with Crippen LogP contribution in [0, 0.1) is 11.3 Å². The van der Waals surface area contributed by atoms with Gasteiger partial charge in [0, 0.05) is 12.6 Å². The Kier molecular flexibility index (Phi) is 3.97. The third kappa shape index (κ3) is 3.53. The van der Waals surface area contributed by atoms with Crippen LogP contribution in [-0.2, 0) is 15.8 Å². The summed E-state index contributed by atoms with van der Waals surface area (Å²) < 4.78 is 26.5. The molecular weight excluding hydrogens is 250 g/mol. The molecule has 1 saturated heterocycles. The SMILES string of the molecule is N#Cc1ccc(CS(=O)(=O)N[C@H]2CCNC2)cc1. The molecule has 6 heteroatoms. The summed E-state index contributed by atoms with van der Waals surface area (Å²) in [6, 6.07) is 8.59. The van der Waals surface area contributed by atoms with Crippen molar-refractivity contribution in [1.82, 2.24) is 10.0 Å². The molecule has 1 aliphatic heterocycles. The van der Waals surface area contributed by atoms with E-state index < -0.39 is 10.0 Å². The molecule has 0 unspecified atom stereocenters. The van der Waals surface area contributed by atoms with Crippen LogP contribution in [0.15, 0.2) is 24.3 Å². The zero-order chi connectivity index (χ0) is 13.0. The topological polar surface area (TPSA) is 82.0 Å². The summed E-state index contributed by atoms with van der Waals surface area (Å²) in [6.45, 7) is 1.54. The molecule has 0 spiro atoms. The Morgan fingerprint density at radius 3 is 2.67 bits per heavy atom. The van der Waals surface area contributed by atoms with Gasteiger partial charge in [-0.1, -0.05) is 12.1 Å². The van der Waals surface area contributed by atoms with Crippen LogP contribution in [-0.4, -0.2) is 27.5 Å². The fourth-order valence-electron chi connectivity index (χ4n) is 1.95. The molecule has 1 aromatic carbocycles. The van der Waals surface area contributed by atoms with Crippen molar-refractivity contribution in [2.24, 2.45) is 0 Å². The maximum Gasteiger partial charge on any atom is 0.216 e. The second-order valence-electron chi connectivity index (χ2n) is 4.38. The Labute approximate surface area is 107 Å². The first-order chi connectivity index (χ1) is 8.59. The number of nitriles is 1. The van der Waals surface area contributed by atoms with Crippen LogP contribution < -0.4 is 10.0 Å². The Morgan fingerprint density at radius 1 is 1.39 bits per heavy atom. The van der Waals surface area contributed by atoms with Gasteiger partial charge in [0.1, 0.15) is 0 Å². The van der Waals surface area contributed by atoms with Gasteiger partial charge in [0.2, 0.25) is 10.0 Å². The number of nitrogens with one attached hydrogen (secondary N) is 2. The number of sulfonamides is 1. The number of rotatable bonds is 4.